The molecule has 1 N–H and O–H groups in total. The van der Waals surface area contributed by atoms with Crippen LogP contribution in [0.3, 0.4) is 0 Å². The number of nitrogens with one attached hydrogen (secondary N) is 1. The largest absolute Gasteiger partial charge is 0.305 e. The third-order valence-electron chi connectivity index (χ3n) is 3.28. The molecule has 0 fully saturated rings. The SMILES string of the molecule is CCCNC(c1csnn1)c1cncc2ccccc12. The monoisotopic (exact) mass is 284 g/mol. The highest BCUT2D eigenvalue weighted by atomic mass is 32.1. The maximum atomic E-state index is 4.37. The Labute approximate surface area is 122 Å². The lowest BCUT2D eigenvalue weighted by atomic mass is 10.00. The van der Waals surface area contributed by atoms with Gasteiger partial charge in [0.15, 0.2) is 0 Å². The molecule has 0 aliphatic rings. The van der Waals surface area contributed by atoms with Gasteiger partial charge in [-0.15, -0.1) is 5.10 Å². The summed E-state index contributed by atoms with van der Waals surface area (Å²) in [5.41, 5.74) is 2.12. The highest BCUT2D eigenvalue weighted by molar-refractivity contribution is 7.03. The lowest BCUT2D eigenvalue weighted by molar-refractivity contribution is 0.587. The summed E-state index contributed by atoms with van der Waals surface area (Å²) in [6.07, 6.45) is 4.90. The molecule has 2 aromatic heterocycles. The highest BCUT2D eigenvalue weighted by Gasteiger charge is 2.18. The number of hydrogen-bond acceptors (Lipinski definition) is 5. The molecule has 0 bridgehead atoms. The van der Waals surface area contributed by atoms with Crippen LogP contribution < -0.4 is 5.32 Å². The fourth-order valence-corrected chi connectivity index (χ4v) is 2.81. The Bertz CT molecular complexity index is 676. The van der Waals surface area contributed by atoms with Gasteiger partial charge in [0.2, 0.25) is 0 Å². The zero-order chi connectivity index (χ0) is 13.8. The summed E-state index contributed by atoms with van der Waals surface area (Å²) < 4.78 is 3.99. The Morgan fingerprint density at radius 2 is 2.15 bits per heavy atom. The number of nitrogens with zero attached hydrogens (tertiary/aromatic N) is 3. The van der Waals surface area contributed by atoms with Gasteiger partial charge in [-0.25, -0.2) is 0 Å². The Hall–Kier alpha value is -1.85. The topological polar surface area (TPSA) is 50.7 Å². The molecule has 20 heavy (non-hydrogen) atoms. The molecule has 0 aliphatic carbocycles. The fourth-order valence-electron chi connectivity index (χ4n) is 2.33. The predicted molar refractivity (Wildman–Crippen MR) is 81.8 cm³/mol. The van der Waals surface area contributed by atoms with Crippen LogP contribution in [-0.4, -0.2) is 21.1 Å². The van der Waals surface area contributed by atoms with Crippen molar-refractivity contribution in [2.24, 2.45) is 0 Å². The van der Waals surface area contributed by atoms with Crippen molar-refractivity contribution in [3.8, 4) is 0 Å². The van der Waals surface area contributed by atoms with Gasteiger partial charge < -0.3 is 5.32 Å². The van der Waals surface area contributed by atoms with E-state index in [2.05, 4.69) is 45.0 Å². The molecule has 1 unspecified atom stereocenters. The highest BCUT2D eigenvalue weighted by Crippen LogP contribution is 2.27. The summed E-state index contributed by atoms with van der Waals surface area (Å²) in [4.78, 5) is 4.37. The van der Waals surface area contributed by atoms with Gasteiger partial charge in [0, 0.05) is 28.7 Å². The second-order valence-electron chi connectivity index (χ2n) is 4.67. The Balaban J connectivity index is 2.09. The van der Waals surface area contributed by atoms with Crippen LogP contribution in [0.15, 0.2) is 42.0 Å². The minimum Gasteiger partial charge on any atom is -0.305 e. The first-order valence-corrected chi connectivity index (χ1v) is 7.56. The molecule has 0 saturated heterocycles. The summed E-state index contributed by atoms with van der Waals surface area (Å²) in [6, 6.07) is 8.36. The van der Waals surface area contributed by atoms with Crippen molar-refractivity contribution < 1.29 is 0 Å². The molecule has 3 aromatic rings. The van der Waals surface area contributed by atoms with Crippen molar-refractivity contribution in [3.63, 3.8) is 0 Å². The first-order valence-electron chi connectivity index (χ1n) is 6.73. The van der Waals surface area contributed by atoms with Crippen molar-refractivity contribution in [1.29, 1.82) is 0 Å². The minimum atomic E-state index is 0.0484. The smallest absolute Gasteiger partial charge is 0.0970 e. The number of pyridine rings is 1. The van der Waals surface area contributed by atoms with Gasteiger partial charge in [0.1, 0.15) is 0 Å². The van der Waals surface area contributed by atoms with Crippen molar-refractivity contribution in [2.45, 2.75) is 19.4 Å². The Kier molecular flexibility index (Phi) is 3.99. The number of benzene rings is 1. The molecule has 5 heteroatoms. The molecule has 0 radical (unpaired) electrons. The third-order valence-corrected chi connectivity index (χ3v) is 3.80. The van der Waals surface area contributed by atoms with Gasteiger partial charge in [-0.1, -0.05) is 35.7 Å². The van der Waals surface area contributed by atoms with Gasteiger partial charge in [-0.3, -0.25) is 4.98 Å². The van der Waals surface area contributed by atoms with E-state index >= 15 is 0 Å². The number of fused-ring (bicyclic) bond motifs is 1. The van der Waals surface area contributed by atoms with Gasteiger partial charge in [-0.05, 0) is 29.9 Å². The number of aromatic nitrogens is 3. The van der Waals surface area contributed by atoms with Gasteiger partial charge in [0.25, 0.3) is 0 Å². The van der Waals surface area contributed by atoms with Crippen LogP contribution in [0.25, 0.3) is 10.8 Å². The number of rotatable bonds is 5. The normalized spacial score (nSPS) is 12.7. The van der Waals surface area contributed by atoms with E-state index in [-0.39, 0.29) is 6.04 Å². The van der Waals surface area contributed by atoms with E-state index in [0.717, 1.165) is 29.6 Å². The van der Waals surface area contributed by atoms with E-state index in [0.29, 0.717) is 0 Å². The lowest BCUT2D eigenvalue weighted by Crippen LogP contribution is -2.24. The van der Waals surface area contributed by atoms with Crippen molar-refractivity contribution in [3.05, 3.63) is 53.3 Å². The molecule has 0 saturated carbocycles. The minimum absolute atomic E-state index is 0.0484. The average Bonchev–Trinajstić information content (AvgIpc) is 3.02. The van der Waals surface area contributed by atoms with E-state index < -0.39 is 0 Å². The summed E-state index contributed by atoms with van der Waals surface area (Å²) >= 11 is 1.38. The van der Waals surface area contributed by atoms with Gasteiger partial charge in [0.05, 0.1) is 11.7 Å². The van der Waals surface area contributed by atoms with Crippen LogP contribution in [0.1, 0.15) is 30.6 Å². The summed E-state index contributed by atoms with van der Waals surface area (Å²) in [5.74, 6) is 0. The Morgan fingerprint density at radius 1 is 1.25 bits per heavy atom. The van der Waals surface area contributed by atoms with Crippen molar-refractivity contribution >= 4 is 22.3 Å². The predicted octanol–water partition coefficient (Wildman–Crippen LogP) is 3.18. The maximum Gasteiger partial charge on any atom is 0.0970 e. The molecule has 102 valence electrons. The standard InChI is InChI=1S/C15H16N4S/c1-2-7-17-15(14-10-20-19-18-14)13-9-16-8-11-5-3-4-6-12(11)13/h3-6,8-10,15,17H,2,7H2,1H3. The summed E-state index contributed by atoms with van der Waals surface area (Å²) in [7, 11) is 0. The van der Waals surface area contributed by atoms with Crippen molar-refractivity contribution in [1.82, 2.24) is 19.9 Å². The molecular formula is C15H16N4S. The average molecular weight is 284 g/mol. The zero-order valence-corrected chi connectivity index (χ0v) is 12.1. The van der Waals surface area contributed by atoms with Gasteiger partial charge in [-0.2, -0.15) is 0 Å². The second kappa shape index (κ2) is 6.07. The molecule has 1 aromatic carbocycles. The van der Waals surface area contributed by atoms with E-state index in [1.54, 1.807) is 0 Å². The molecular weight excluding hydrogens is 268 g/mol. The third kappa shape index (κ3) is 2.55. The van der Waals surface area contributed by atoms with E-state index in [9.17, 15) is 0 Å². The molecule has 2 heterocycles. The van der Waals surface area contributed by atoms with Crippen molar-refractivity contribution in [2.75, 3.05) is 6.54 Å². The molecule has 0 amide bonds. The molecule has 4 nitrogen and oxygen atoms in total. The first-order chi connectivity index (χ1) is 9.90. The molecule has 1 atom stereocenters. The molecule has 0 spiro atoms. The number of hydrogen-bond donors (Lipinski definition) is 1. The Morgan fingerprint density at radius 3 is 2.95 bits per heavy atom. The second-order valence-corrected chi connectivity index (χ2v) is 5.28. The van der Waals surface area contributed by atoms with Crippen LogP contribution in [0, 0.1) is 0 Å². The summed E-state index contributed by atoms with van der Waals surface area (Å²) in [6.45, 7) is 3.09. The van der Waals surface area contributed by atoms with Crippen LogP contribution in [0.4, 0.5) is 0 Å². The zero-order valence-electron chi connectivity index (χ0n) is 11.3. The van der Waals surface area contributed by atoms with Crippen LogP contribution in [0.2, 0.25) is 0 Å². The van der Waals surface area contributed by atoms with E-state index in [1.807, 2.05) is 23.8 Å². The van der Waals surface area contributed by atoms with E-state index in [4.69, 9.17) is 0 Å². The first kappa shape index (κ1) is 13.1. The van der Waals surface area contributed by atoms with Crippen LogP contribution in [0.5, 0.6) is 0 Å². The van der Waals surface area contributed by atoms with E-state index in [1.165, 1.54) is 16.9 Å². The van der Waals surface area contributed by atoms with Gasteiger partial charge >= 0.3 is 0 Å². The van der Waals surface area contributed by atoms with Crippen LogP contribution in [-0.2, 0) is 0 Å². The maximum absolute atomic E-state index is 4.37. The quantitative estimate of drug-likeness (QED) is 0.782. The summed E-state index contributed by atoms with van der Waals surface area (Å²) in [5, 5.41) is 12.1. The molecule has 3 rings (SSSR count). The van der Waals surface area contributed by atoms with Crippen LogP contribution >= 0.6 is 11.5 Å². The molecule has 0 aliphatic heterocycles. The fraction of sp³-hybridized carbons (Fsp3) is 0.267. The lowest BCUT2D eigenvalue weighted by Gasteiger charge is -2.18.